The van der Waals surface area contributed by atoms with E-state index >= 15 is 0 Å². The Hall–Kier alpha value is -1.42. The maximum Gasteiger partial charge on any atom is 0.309 e. The summed E-state index contributed by atoms with van der Waals surface area (Å²) in [6.07, 6.45) is 1.06. The van der Waals surface area contributed by atoms with Crippen molar-refractivity contribution in [2.45, 2.75) is 39.4 Å². The van der Waals surface area contributed by atoms with E-state index in [2.05, 4.69) is 0 Å². The summed E-state index contributed by atoms with van der Waals surface area (Å²) in [7, 11) is 0. The maximum absolute atomic E-state index is 12.1. The van der Waals surface area contributed by atoms with E-state index in [-0.39, 0.29) is 29.5 Å². The van der Waals surface area contributed by atoms with Gasteiger partial charge in [-0.25, -0.2) is 0 Å². The number of aliphatic hydroxyl groups is 1. The Balaban J connectivity index is 2.11. The molecule has 4 nitrogen and oxygen atoms in total. The minimum absolute atomic E-state index is 0.00320. The minimum atomic E-state index is -0.620. The average molecular weight is 262 g/mol. The Morgan fingerprint density at radius 2 is 2.00 bits per heavy atom. The van der Waals surface area contributed by atoms with Gasteiger partial charge in [-0.15, -0.1) is 0 Å². The summed E-state index contributed by atoms with van der Waals surface area (Å²) in [5.74, 6) is -0.957. The summed E-state index contributed by atoms with van der Waals surface area (Å²) in [4.78, 5) is 23.9. The standard InChI is InChI=1S/C15H18O4/c1-6-4-10(17)13-8(3)15(18)19-14(13)12-7(2)5-9(16)11(6)12/h5,8,10,12-14,17H,4H2,1-3H3/t8?,10-,12?,13?,14+/m1/s1. The van der Waals surface area contributed by atoms with Gasteiger partial charge in [-0.3, -0.25) is 9.59 Å². The van der Waals surface area contributed by atoms with E-state index < -0.39 is 12.2 Å². The second-order valence-electron chi connectivity index (χ2n) is 5.96. The molecule has 1 saturated heterocycles. The Bertz CT molecular complexity index is 528. The van der Waals surface area contributed by atoms with Gasteiger partial charge in [-0.1, -0.05) is 18.1 Å². The van der Waals surface area contributed by atoms with Crippen LogP contribution in [0.25, 0.3) is 0 Å². The molecule has 5 atom stereocenters. The number of ketones is 1. The van der Waals surface area contributed by atoms with Gasteiger partial charge in [-0.05, 0) is 26.3 Å². The fourth-order valence-electron chi connectivity index (χ4n) is 3.82. The number of carbonyl (C=O) groups is 2. The van der Waals surface area contributed by atoms with Crippen molar-refractivity contribution < 1.29 is 19.4 Å². The van der Waals surface area contributed by atoms with Crippen molar-refractivity contribution in [3.05, 3.63) is 22.8 Å². The van der Waals surface area contributed by atoms with Gasteiger partial charge in [0.2, 0.25) is 0 Å². The van der Waals surface area contributed by atoms with Gasteiger partial charge in [0.1, 0.15) is 6.10 Å². The van der Waals surface area contributed by atoms with Crippen molar-refractivity contribution in [1.29, 1.82) is 0 Å². The lowest BCUT2D eigenvalue weighted by Crippen LogP contribution is -2.35. The first-order valence-electron chi connectivity index (χ1n) is 6.72. The SMILES string of the molecule is CC1=CC(=O)C2=C(C)C[C@@H](O)C3C(C)C(=O)O[C@H]3C12. The normalized spacial score (nSPS) is 41.7. The zero-order chi connectivity index (χ0) is 13.9. The molecule has 0 radical (unpaired) electrons. The highest BCUT2D eigenvalue weighted by Crippen LogP contribution is 2.47. The van der Waals surface area contributed by atoms with Crippen molar-refractivity contribution in [2.75, 3.05) is 0 Å². The molecule has 0 bridgehead atoms. The number of rotatable bonds is 0. The van der Waals surface area contributed by atoms with E-state index in [1.807, 2.05) is 13.8 Å². The summed E-state index contributed by atoms with van der Waals surface area (Å²) in [5, 5.41) is 10.3. The zero-order valence-electron chi connectivity index (χ0n) is 11.3. The van der Waals surface area contributed by atoms with E-state index in [4.69, 9.17) is 4.74 Å². The van der Waals surface area contributed by atoms with Gasteiger partial charge < -0.3 is 9.84 Å². The number of fused-ring (bicyclic) bond motifs is 3. The Morgan fingerprint density at radius 1 is 1.32 bits per heavy atom. The summed E-state index contributed by atoms with van der Waals surface area (Å²) < 4.78 is 5.48. The first-order valence-corrected chi connectivity index (χ1v) is 6.72. The quantitative estimate of drug-likeness (QED) is 0.670. The highest BCUT2D eigenvalue weighted by Gasteiger charge is 2.53. The molecule has 0 saturated carbocycles. The van der Waals surface area contributed by atoms with Crippen molar-refractivity contribution in [1.82, 2.24) is 0 Å². The second kappa shape index (κ2) is 4.04. The molecule has 3 rings (SSSR count). The van der Waals surface area contributed by atoms with Crippen LogP contribution in [0.2, 0.25) is 0 Å². The van der Waals surface area contributed by atoms with Crippen LogP contribution in [0.1, 0.15) is 27.2 Å². The third-order valence-corrected chi connectivity index (χ3v) is 4.75. The number of hydrogen-bond acceptors (Lipinski definition) is 4. The van der Waals surface area contributed by atoms with Crippen LogP contribution in [-0.2, 0) is 14.3 Å². The molecule has 4 heteroatoms. The molecule has 2 aliphatic carbocycles. The van der Waals surface area contributed by atoms with Crippen molar-refractivity contribution in [3.63, 3.8) is 0 Å². The van der Waals surface area contributed by atoms with Crippen LogP contribution in [0.15, 0.2) is 22.8 Å². The molecule has 1 fully saturated rings. The van der Waals surface area contributed by atoms with Crippen molar-refractivity contribution in [2.24, 2.45) is 17.8 Å². The van der Waals surface area contributed by atoms with Crippen LogP contribution >= 0.6 is 0 Å². The van der Waals surface area contributed by atoms with Crippen LogP contribution in [0.4, 0.5) is 0 Å². The summed E-state index contributed by atoms with van der Waals surface area (Å²) >= 11 is 0. The van der Waals surface area contributed by atoms with E-state index in [0.717, 1.165) is 16.7 Å². The maximum atomic E-state index is 12.1. The molecule has 3 aliphatic rings. The van der Waals surface area contributed by atoms with E-state index in [9.17, 15) is 14.7 Å². The van der Waals surface area contributed by atoms with Crippen LogP contribution in [-0.4, -0.2) is 29.1 Å². The number of aliphatic hydroxyl groups excluding tert-OH is 1. The van der Waals surface area contributed by atoms with Crippen LogP contribution in [0.3, 0.4) is 0 Å². The third kappa shape index (κ3) is 1.62. The van der Waals surface area contributed by atoms with Gasteiger partial charge >= 0.3 is 5.97 Å². The van der Waals surface area contributed by atoms with Gasteiger partial charge in [0.25, 0.3) is 0 Å². The predicted octanol–water partition coefficient (Wildman–Crippen LogP) is 1.39. The highest BCUT2D eigenvalue weighted by molar-refractivity contribution is 6.09. The molecule has 19 heavy (non-hydrogen) atoms. The summed E-state index contributed by atoms with van der Waals surface area (Å²) in [6, 6.07) is 0. The van der Waals surface area contributed by atoms with Crippen LogP contribution in [0, 0.1) is 17.8 Å². The number of ether oxygens (including phenoxy) is 1. The predicted molar refractivity (Wildman–Crippen MR) is 68.1 cm³/mol. The number of esters is 1. The molecule has 1 aliphatic heterocycles. The average Bonchev–Trinajstić information content (AvgIpc) is 2.72. The van der Waals surface area contributed by atoms with E-state index in [0.29, 0.717) is 6.42 Å². The lowest BCUT2D eigenvalue weighted by atomic mass is 9.80. The largest absolute Gasteiger partial charge is 0.461 e. The summed E-state index contributed by atoms with van der Waals surface area (Å²) in [6.45, 7) is 5.59. The number of carbonyl (C=O) groups excluding carboxylic acids is 2. The molecule has 102 valence electrons. The minimum Gasteiger partial charge on any atom is -0.461 e. The second-order valence-corrected chi connectivity index (χ2v) is 5.96. The topological polar surface area (TPSA) is 63.6 Å². The third-order valence-electron chi connectivity index (χ3n) is 4.75. The highest BCUT2D eigenvalue weighted by atomic mass is 16.6. The van der Waals surface area contributed by atoms with Gasteiger partial charge in [-0.2, -0.15) is 0 Å². The first kappa shape index (κ1) is 12.6. The Labute approximate surface area is 112 Å². The van der Waals surface area contributed by atoms with E-state index in [1.54, 1.807) is 13.0 Å². The molecular formula is C15H18O4. The van der Waals surface area contributed by atoms with Gasteiger partial charge in [0.15, 0.2) is 5.78 Å². The van der Waals surface area contributed by atoms with Crippen molar-refractivity contribution in [3.8, 4) is 0 Å². The fraction of sp³-hybridized carbons (Fsp3) is 0.600. The Morgan fingerprint density at radius 3 is 2.68 bits per heavy atom. The molecule has 0 aromatic heterocycles. The molecular weight excluding hydrogens is 244 g/mol. The lowest BCUT2D eigenvalue weighted by molar-refractivity contribution is -0.144. The van der Waals surface area contributed by atoms with Gasteiger partial charge in [0, 0.05) is 17.4 Å². The van der Waals surface area contributed by atoms with Crippen LogP contribution in [0.5, 0.6) is 0 Å². The molecule has 3 unspecified atom stereocenters. The molecule has 1 heterocycles. The van der Waals surface area contributed by atoms with Crippen molar-refractivity contribution >= 4 is 11.8 Å². The first-order chi connectivity index (χ1) is 8.91. The number of allylic oxidation sites excluding steroid dienone is 1. The zero-order valence-corrected chi connectivity index (χ0v) is 11.3. The molecule has 0 aromatic rings. The summed E-state index contributed by atoms with van der Waals surface area (Å²) in [5.41, 5.74) is 2.59. The molecule has 0 spiro atoms. The Kier molecular flexibility index (Phi) is 2.68. The fourth-order valence-corrected chi connectivity index (χ4v) is 3.82. The van der Waals surface area contributed by atoms with Gasteiger partial charge in [0.05, 0.1) is 12.0 Å². The molecule has 1 N–H and O–H groups in total. The number of hydrogen-bond donors (Lipinski definition) is 1. The molecule has 0 aromatic carbocycles. The van der Waals surface area contributed by atoms with Crippen LogP contribution < -0.4 is 0 Å². The van der Waals surface area contributed by atoms with E-state index in [1.165, 1.54) is 0 Å². The lowest BCUT2D eigenvalue weighted by Gasteiger charge is -2.26. The monoisotopic (exact) mass is 262 g/mol. The molecule has 0 amide bonds. The smallest absolute Gasteiger partial charge is 0.309 e.